The number of benzene rings is 1. The molecule has 1 N–H and O–H groups in total. The Morgan fingerprint density at radius 3 is 3.00 bits per heavy atom. The Hall–Kier alpha value is -0.870. The van der Waals surface area contributed by atoms with E-state index in [0.29, 0.717) is 11.9 Å². The molecule has 4 heteroatoms. The van der Waals surface area contributed by atoms with Crippen LogP contribution in [0.2, 0.25) is 0 Å². The molecule has 0 spiro atoms. The van der Waals surface area contributed by atoms with Gasteiger partial charge in [-0.2, -0.15) is 0 Å². The molecule has 2 unspecified atom stereocenters. The fraction of sp³-hybridized carbons (Fsp3) is 0.462. The van der Waals surface area contributed by atoms with Crippen LogP contribution in [0.5, 0.6) is 0 Å². The van der Waals surface area contributed by atoms with E-state index in [1.807, 2.05) is 18.2 Å². The third-order valence-electron chi connectivity index (χ3n) is 3.07. The summed E-state index contributed by atoms with van der Waals surface area (Å²) in [7, 11) is 1.64. The molecule has 2 rings (SSSR count). The van der Waals surface area contributed by atoms with E-state index in [1.165, 1.54) is 5.56 Å². The van der Waals surface area contributed by atoms with E-state index >= 15 is 0 Å². The lowest BCUT2D eigenvalue weighted by Gasteiger charge is -2.30. The molecule has 0 aliphatic heterocycles. The first-order valence-corrected chi connectivity index (χ1v) is 6.81. The Morgan fingerprint density at radius 2 is 2.35 bits per heavy atom. The minimum atomic E-state index is 0.0182. The molecule has 1 amide bonds. The van der Waals surface area contributed by atoms with Gasteiger partial charge in [-0.15, -0.1) is 0 Å². The standard InChI is InChI=1S/C13H16BrNO2/c1-17-8-10(7-14)15-13(16)12-6-9-4-2-3-5-11(9)12/h2-5,10,12H,6-8H2,1H3,(H,15,16). The van der Waals surface area contributed by atoms with Crippen molar-refractivity contribution in [3.05, 3.63) is 35.4 Å². The summed E-state index contributed by atoms with van der Waals surface area (Å²) in [5, 5.41) is 3.71. The van der Waals surface area contributed by atoms with Gasteiger partial charge < -0.3 is 10.1 Å². The molecule has 0 saturated carbocycles. The molecule has 0 fully saturated rings. The normalized spacial score (nSPS) is 19.1. The fourth-order valence-corrected chi connectivity index (χ4v) is 2.47. The van der Waals surface area contributed by atoms with Crippen molar-refractivity contribution in [3.8, 4) is 0 Å². The highest BCUT2D eigenvalue weighted by Crippen LogP contribution is 2.34. The Balaban J connectivity index is 1.95. The van der Waals surface area contributed by atoms with Gasteiger partial charge in [0.25, 0.3) is 0 Å². The maximum atomic E-state index is 12.0. The number of carbonyl (C=O) groups is 1. The number of ether oxygens (including phenoxy) is 1. The summed E-state index contributed by atoms with van der Waals surface area (Å²) >= 11 is 3.37. The molecular weight excluding hydrogens is 282 g/mol. The van der Waals surface area contributed by atoms with Gasteiger partial charge in [0.1, 0.15) is 0 Å². The van der Waals surface area contributed by atoms with Crippen molar-refractivity contribution in [1.29, 1.82) is 0 Å². The average molecular weight is 298 g/mol. The minimum absolute atomic E-state index is 0.0182. The van der Waals surface area contributed by atoms with Crippen LogP contribution in [-0.2, 0) is 16.0 Å². The van der Waals surface area contributed by atoms with Crippen LogP contribution in [0.1, 0.15) is 17.0 Å². The van der Waals surface area contributed by atoms with Crippen molar-refractivity contribution >= 4 is 21.8 Å². The fourth-order valence-electron chi connectivity index (χ4n) is 2.12. The molecule has 1 aromatic rings. The predicted octanol–water partition coefficient (Wildman–Crippen LogP) is 1.85. The van der Waals surface area contributed by atoms with Gasteiger partial charge in [0.15, 0.2) is 0 Å². The topological polar surface area (TPSA) is 38.3 Å². The molecule has 92 valence electrons. The van der Waals surface area contributed by atoms with Gasteiger partial charge in [0.2, 0.25) is 5.91 Å². The number of rotatable bonds is 5. The maximum absolute atomic E-state index is 12.0. The molecular formula is C13H16BrNO2. The first kappa shape index (κ1) is 12.6. The van der Waals surface area contributed by atoms with Crippen molar-refractivity contribution in [2.75, 3.05) is 19.0 Å². The highest BCUT2D eigenvalue weighted by Gasteiger charge is 2.32. The molecule has 1 aliphatic carbocycles. The monoisotopic (exact) mass is 297 g/mol. The molecule has 0 bridgehead atoms. The van der Waals surface area contributed by atoms with Crippen LogP contribution in [-0.4, -0.2) is 31.0 Å². The zero-order chi connectivity index (χ0) is 12.3. The summed E-state index contributed by atoms with van der Waals surface area (Å²) in [4.78, 5) is 12.0. The summed E-state index contributed by atoms with van der Waals surface area (Å²) in [6.45, 7) is 0.533. The quantitative estimate of drug-likeness (QED) is 0.843. The minimum Gasteiger partial charge on any atom is -0.383 e. The van der Waals surface area contributed by atoms with E-state index in [2.05, 4.69) is 27.3 Å². The molecule has 1 aliphatic rings. The molecule has 17 heavy (non-hydrogen) atoms. The summed E-state index contributed by atoms with van der Waals surface area (Å²) in [5.74, 6) is 0.120. The summed E-state index contributed by atoms with van der Waals surface area (Å²) in [5.41, 5.74) is 2.45. The van der Waals surface area contributed by atoms with Crippen molar-refractivity contribution in [3.63, 3.8) is 0 Å². The van der Waals surface area contributed by atoms with Gasteiger partial charge >= 0.3 is 0 Å². The first-order chi connectivity index (χ1) is 8.26. The van der Waals surface area contributed by atoms with E-state index in [0.717, 1.165) is 12.0 Å². The number of methoxy groups -OCH3 is 1. The van der Waals surface area contributed by atoms with Crippen molar-refractivity contribution in [1.82, 2.24) is 5.32 Å². The van der Waals surface area contributed by atoms with Gasteiger partial charge in [-0.3, -0.25) is 4.79 Å². The van der Waals surface area contributed by atoms with Crippen LogP contribution < -0.4 is 5.32 Å². The maximum Gasteiger partial charge on any atom is 0.228 e. The Morgan fingerprint density at radius 1 is 1.59 bits per heavy atom. The zero-order valence-electron chi connectivity index (χ0n) is 9.78. The van der Waals surface area contributed by atoms with Crippen LogP contribution in [0.4, 0.5) is 0 Å². The van der Waals surface area contributed by atoms with Crippen LogP contribution in [0.3, 0.4) is 0 Å². The molecule has 3 nitrogen and oxygen atoms in total. The highest BCUT2D eigenvalue weighted by atomic mass is 79.9. The lowest BCUT2D eigenvalue weighted by molar-refractivity contribution is -0.124. The Bertz CT molecular complexity index is 408. The number of carbonyl (C=O) groups excluding carboxylic acids is 1. The van der Waals surface area contributed by atoms with Crippen LogP contribution in [0.15, 0.2) is 24.3 Å². The number of nitrogens with one attached hydrogen (secondary N) is 1. The Labute approximate surface area is 110 Å². The van der Waals surface area contributed by atoms with Gasteiger partial charge in [0.05, 0.1) is 18.6 Å². The smallest absolute Gasteiger partial charge is 0.228 e. The summed E-state index contributed by atoms with van der Waals surface area (Å²) < 4.78 is 5.05. The lowest BCUT2D eigenvalue weighted by Crippen LogP contribution is -2.44. The molecule has 0 aromatic heterocycles. The van der Waals surface area contributed by atoms with Crippen LogP contribution >= 0.6 is 15.9 Å². The van der Waals surface area contributed by atoms with Crippen LogP contribution in [0.25, 0.3) is 0 Å². The van der Waals surface area contributed by atoms with Crippen molar-refractivity contribution in [2.45, 2.75) is 18.4 Å². The molecule has 0 radical (unpaired) electrons. The molecule has 1 aromatic carbocycles. The van der Waals surface area contributed by atoms with E-state index in [-0.39, 0.29) is 17.9 Å². The Kier molecular flexibility index (Phi) is 4.18. The average Bonchev–Trinajstić information content (AvgIpc) is 2.30. The molecule has 2 atom stereocenters. The van der Waals surface area contributed by atoms with E-state index in [4.69, 9.17) is 4.74 Å². The second-order valence-corrected chi connectivity index (χ2v) is 4.92. The van der Waals surface area contributed by atoms with Crippen molar-refractivity contribution < 1.29 is 9.53 Å². The third-order valence-corrected chi connectivity index (χ3v) is 3.85. The number of alkyl halides is 1. The van der Waals surface area contributed by atoms with Gasteiger partial charge in [-0.05, 0) is 17.5 Å². The summed E-state index contributed by atoms with van der Waals surface area (Å²) in [6.07, 6.45) is 0.851. The lowest BCUT2D eigenvalue weighted by atomic mass is 9.77. The largest absolute Gasteiger partial charge is 0.383 e. The number of halogens is 1. The number of hydrogen-bond donors (Lipinski definition) is 1. The second-order valence-electron chi connectivity index (χ2n) is 4.27. The third kappa shape index (κ3) is 2.69. The van der Waals surface area contributed by atoms with Gasteiger partial charge in [-0.25, -0.2) is 0 Å². The van der Waals surface area contributed by atoms with E-state index in [1.54, 1.807) is 7.11 Å². The van der Waals surface area contributed by atoms with Gasteiger partial charge in [-0.1, -0.05) is 40.2 Å². The SMILES string of the molecule is COCC(CBr)NC(=O)C1Cc2ccccc21. The predicted molar refractivity (Wildman–Crippen MR) is 70.5 cm³/mol. The van der Waals surface area contributed by atoms with Crippen molar-refractivity contribution in [2.24, 2.45) is 0 Å². The highest BCUT2D eigenvalue weighted by molar-refractivity contribution is 9.09. The first-order valence-electron chi connectivity index (χ1n) is 5.69. The summed E-state index contributed by atoms with van der Waals surface area (Å²) in [6, 6.07) is 8.15. The molecule has 0 heterocycles. The van der Waals surface area contributed by atoms with E-state index in [9.17, 15) is 4.79 Å². The number of amides is 1. The van der Waals surface area contributed by atoms with Gasteiger partial charge in [0, 0.05) is 12.4 Å². The molecule has 0 saturated heterocycles. The second kappa shape index (κ2) is 5.65. The van der Waals surface area contributed by atoms with E-state index < -0.39 is 0 Å². The van der Waals surface area contributed by atoms with Crippen LogP contribution in [0, 0.1) is 0 Å². The zero-order valence-corrected chi connectivity index (χ0v) is 11.4. The number of hydrogen-bond acceptors (Lipinski definition) is 2. The number of fused-ring (bicyclic) bond motifs is 1.